The molecule has 0 aliphatic heterocycles. The van der Waals surface area contributed by atoms with Gasteiger partial charge in [0.1, 0.15) is 0 Å². The normalized spacial score (nSPS) is 16.1. The molecule has 0 radical (unpaired) electrons. The smallest absolute Gasteiger partial charge is 0.184 e. The SMILES string of the molecule is CC[C@](C)(O[Si](C)(C)C)c1ccccc1. The van der Waals surface area contributed by atoms with E-state index in [1.165, 1.54) is 5.56 Å². The summed E-state index contributed by atoms with van der Waals surface area (Å²) in [7, 11) is -1.50. The molecule has 15 heavy (non-hydrogen) atoms. The highest BCUT2D eigenvalue weighted by atomic mass is 28.4. The Balaban J connectivity index is 2.96. The lowest BCUT2D eigenvalue weighted by molar-refractivity contribution is 0.0741. The highest BCUT2D eigenvalue weighted by Crippen LogP contribution is 2.31. The molecule has 0 bridgehead atoms. The first kappa shape index (κ1) is 12.5. The zero-order valence-corrected chi connectivity index (χ0v) is 11.5. The minimum Gasteiger partial charge on any atom is -0.408 e. The van der Waals surface area contributed by atoms with Gasteiger partial charge in [-0.25, -0.2) is 0 Å². The van der Waals surface area contributed by atoms with Gasteiger partial charge in [-0.1, -0.05) is 37.3 Å². The lowest BCUT2D eigenvalue weighted by Gasteiger charge is -2.36. The molecule has 0 amide bonds. The Morgan fingerprint density at radius 3 is 2.07 bits per heavy atom. The largest absolute Gasteiger partial charge is 0.408 e. The van der Waals surface area contributed by atoms with Crippen LogP contribution < -0.4 is 0 Å². The van der Waals surface area contributed by atoms with Crippen molar-refractivity contribution in [3.05, 3.63) is 35.9 Å². The molecule has 0 fully saturated rings. The third-order valence-electron chi connectivity index (χ3n) is 2.59. The van der Waals surface area contributed by atoms with Gasteiger partial charge in [-0.2, -0.15) is 0 Å². The van der Waals surface area contributed by atoms with E-state index in [0.717, 1.165) is 6.42 Å². The Hall–Kier alpha value is -0.603. The van der Waals surface area contributed by atoms with E-state index in [9.17, 15) is 0 Å². The van der Waals surface area contributed by atoms with Crippen LogP contribution in [0.15, 0.2) is 30.3 Å². The average molecular weight is 222 g/mol. The van der Waals surface area contributed by atoms with Crippen molar-refractivity contribution in [2.75, 3.05) is 0 Å². The maximum atomic E-state index is 6.30. The molecular weight excluding hydrogens is 200 g/mol. The quantitative estimate of drug-likeness (QED) is 0.695. The Labute approximate surface area is 94.6 Å². The molecule has 0 heterocycles. The van der Waals surface area contributed by atoms with Crippen molar-refractivity contribution in [3.8, 4) is 0 Å². The van der Waals surface area contributed by atoms with Gasteiger partial charge >= 0.3 is 0 Å². The second-order valence-corrected chi connectivity index (χ2v) is 9.59. The number of hydrogen-bond acceptors (Lipinski definition) is 1. The third kappa shape index (κ3) is 3.47. The number of rotatable bonds is 4. The fourth-order valence-electron chi connectivity index (χ4n) is 1.80. The first-order valence-corrected chi connectivity index (χ1v) is 9.04. The van der Waals surface area contributed by atoms with Crippen molar-refractivity contribution >= 4 is 8.32 Å². The first-order valence-electron chi connectivity index (χ1n) is 5.63. The van der Waals surface area contributed by atoms with Crippen LogP contribution in [0.2, 0.25) is 19.6 Å². The molecule has 0 unspecified atom stereocenters. The van der Waals surface area contributed by atoms with Crippen molar-refractivity contribution < 1.29 is 4.43 Å². The summed E-state index contributed by atoms with van der Waals surface area (Å²) in [6.45, 7) is 11.1. The predicted octanol–water partition coefficient (Wildman–Crippen LogP) is 4.16. The monoisotopic (exact) mass is 222 g/mol. The van der Waals surface area contributed by atoms with E-state index in [1.807, 2.05) is 6.07 Å². The van der Waals surface area contributed by atoms with Gasteiger partial charge < -0.3 is 4.43 Å². The fraction of sp³-hybridized carbons (Fsp3) is 0.538. The van der Waals surface area contributed by atoms with Crippen LogP contribution in [-0.2, 0) is 10.0 Å². The Bertz CT molecular complexity index is 302. The highest BCUT2D eigenvalue weighted by molar-refractivity contribution is 6.69. The topological polar surface area (TPSA) is 9.23 Å². The summed E-state index contributed by atoms with van der Waals surface area (Å²) >= 11 is 0. The third-order valence-corrected chi connectivity index (χ3v) is 3.65. The zero-order chi connectivity index (χ0) is 11.5. The molecule has 84 valence electrons. The summed E-state index contributed by atoms with van der Waals surface area (Å²) in [6.07, 6.45) is 1.02. The maximum absolute atomic E-state index is 6.30. The summed E-state index contributed by atoms with van der Waals surface area (Å²) in [5.41, 5.74) is 1.17. The summed E-state index contributed by atoms with van der Waals surface area (Å²) < 4.78 is 6.30. The predicted molar refractivity (Wildman–Crippen MR) is 68.5 cm³/mol. The van der Waals surface area contributed by atoms with Gasteiger partial charge in [-0.05, 0) is 38.5 Å². The molecule has 0 saturated carbocycles. The van der Waals surface area contributed by atoms with Crippen LogP contribution in [-0.4, -0.2) is 8.32 Å². The van der Waals surface area contributed by atoms with Crippen LogP contribution in [0.4, 0.5) is 0 Å². The molecule has 0 aromatic heterocycles. The fourth-order valence-corrected chi connectivity index (χ4v) is 3.42. The molecule has 0 aliphatic rings. The van der Waals surface area contributed by atoms with E-state index in [1.54, 1.807) is 0 Å². The second-order valence-electron chi connectivity index (χ2n) is 5.16. The molecule has 1 aromatic rings. The van der Waals surface area contributed by atoms with Crippen LogP contribution in [0.5, 0.6) is 0 Å². The van der Waals surface area contributed by atoms with Gasteiger partial charge in [-0.3, -0.25) is 0 Å². The minimum absolute atomic E-state index is 0.119. The number of benzene rings is 1. The van der Waals surface area contributed by atoms with Crippen molar-refractivity contribution in [3.63, 3.8) is 0 Å². The maximum Gasteiger partial charge on any atom is 0.184 e. The van der Waals surface area contributed by atoms with Crippen LogP contribution in [0, 0.1) is 0 Å². The van der Waals surface area contributed by atoms with E-state index in [2.05, 4.69) is 57.8 Å². The lowest BCUT2D eigenvalue weighted by Crippen LogP contribution is -2.38. The molecule has 1 nitrogen and oxygen atoms in total. The second kappa shape index (κ2) is 4.50. The van der Waals surface area contributed by atoms with Crippen molar-refractivity contribution in [1.82, 2.24) is 0 Å². The van der Waals surface area contributed by atoms with Crippen molar-refractivity contribution in [1.29, 1.82) is 0 Å². The lowest BCUT2D eigenvalue weighted by atomic mass is 9.94. The van der Waals surface area contributed by atoms with Crippen LogP contribution >= 0.6 is 0 Å². The molecule has 0 spiro atoms. The van der Waals surface area contributed by atoms with E-state index in [4.69, 9.17) is 4.43 Å². The standard InChI is InChI=1S/C13H22OSi/c1-6-13(2,14-15(3,4)5)12-10-8-7-9-11-12/h7-11H,6H2,1-5H3/t13-/m0/s1. The average Bonchev–Trinajstić information content (AvgIpc) is 2.16. The van der Waals surface area contributed by atoms with Gasteiger partial charge in [0.15, 0.2) is 8.32 Å². The molecule has 0 N–H and O–H groups in total. The molecular formula is C13H22OSi. The van der Waals surface area contributed by atoms with E-state index < -0.39 is 8.32 Å². The summed E-state index contributed by atoms with van der Waals surface area (Å²) in [6, 6.07) is 10.5. The highest BCUT2D eigenvalue weighted by Gasteiger charge is 2.31. The van der Waals surface area contributed by atoms with Crippen molar-refractivity contribution in [2.45, 2.75) is 45.5 Å². The summed E-state index contributed by atoms with van der Waals surface area (Å²) in [5.74, 6) is 0. The van der Waals surface area contributed by atoms with Gasteiger partial charge in [-0.15, -0.1) is 0 Å². The molecule has 0 saturated heterocycles. The van der Waals surface area contributed by atoms with Gasteiger partial charge in [0.2, 0.25) is 0 Å². The van der Waals surface area contributed by atoms with E-state index >= 15 is 0 Å². The van der Waals surface area contributed by atoms with Crippen LogP contribution in [0.3, 0.4) is 0 Å². The molecule has 1 rings (SSSR count). The number of hydrogen-bond donors (Lipinski definition) is 0. The Kier molecular flexibility index (Phi) is 3.74. The first-order chi connectivity index (χ1) is 6.87. The van der Waals surface area contributed by atoms with Gasteiger partial charge in [0.05, 0.1) is 5.60 Å². The van der Waals surface area contributed by atoms with Gasteiger partial charge in [0, 0.05) is 0 Å². The zero-order valence-electron chi connectivity index (χ0n) is 10.5. The van der Waals surface area contributed by atoms with Crippen LogP contribution in [0.25, 0.3) is 0 Å². The Morgan fingerprint density at radius 2 is 1.67 bits per heavy atom. The molecule has 1 atom stereocenters. The van der Waals surface area contributed by atoms with Crippen molar-refractivity contribution in [2.24, 2.45) is 0 Å². The van der Waals surface area contributed by atoms with Crippen LogP contribution in [0.1, 0.15) is 25.8 Å². The minimum atomic E-state index is -1.50. The molecule has 1 aromatic carbocycles. The molecule has 0 aliphatic carbocycles. The van der Waals surface area contributed by atoms with E-state index in [0.29, 0.717) is 0 Å². The Morgan fingerprint density at radius 1 is 1.13 bits per heavy atom. The van der Waals surface area contributed by atoms with E-state index in [-0.39, 0.29) is 5.60 Å². The summed E-state index contributed by atoms with van der Waals surface area (Å²) in [4.78, 5) is 0. The molecule has 2 heteroatoms. The van der Waals surface area contributed by atoms with Gasteiger partial charge in [0.25, 0.3) is 0 Å². The summed E-state index contributed by atoms with van der Waals surface area (Å²) in [5, 5.41) is 0.